The Kier molecular flexibility index (Phi) is 10.8. The second-order valence-corrected chi connectivity index (χ2v) is 11.9. The number of amides is 3. The van der Waals surface area contributed by atoms with Crippen LogP contribution in [-0.4, -0.2) is 62.1 Å². The molecule has 10 heteroatoms. The van der Waals surface area contributed by atoms with E-state index in [0.717, 1.165) is 48.7 Å². The number of methoxy groups -OCH3 is 1. The van der Waals surface area contributed by atoms with Gasteiger partial charge in [-0.1, -0.05) is 26.0 Å². The Balaban J connectivity index is 0.000000663. The van der Waals surface area contributed by atoms with Crippen molar-refractivity contribution in [1.29, 1.82) is 0 Å². The van der Waals surface area contributed by atoms with E-state index in [2.05, 4.69) is 15.5 Å². The number of hydrogen-bond donors (Lipinski definition) is 3. The van der Waals surface area contributed by atoms with Crippen LogP contribution < -0.4 is 16.4 Å². The SMILES string of the molecule is CC(C)c1cc(NC=O)cc2c(C(N)=O)c(NC(=O)c3ccc(CN4CCOCC4)cc3)sc12.COC(C)(C)C. The molecule has 0 radical (unpaired) electrons. The molecule has 0 bridgehead atoms. The van der Waals surface area contributed by atoms with E-state index >= 15 is 0 Å². The first-order valence-corrected chi connectivity index (χ1v) is 14.1. The molecule has 2 heterocycles. The van der Waals surface area contributed by atoms with Gasteiger partial charge >= 0.3 is 0 Å². The minimum atomic E-state index is -0.639. The highest BCUT2D eigenvalue weighted by Gasteiger charge is 2.23. The molecule has 3 aromatic rings. The van der Waals surface area contributed by atoms with E-state index in [4.69, 9.17) is 15.2 Å². The lowest BCUT2D eigenvalue weighted by Gasteiger charge is -2.26. The summed E-state index contributed by atoms with van der Waals surface area (Å²) in [4.78, 5) is 38.7. The van der Waals surface area contributed by atoms with Crippen LogP contribution in [0.5, 0.6) is 0 Å². The Labute approximate surface area is 240 Å². The Morgan fingerprint density at radius 3 is 2.30 bits per heavy atom. The molecule has 0 spiro atoms. The number of nitrogens with one attached hydrogen (secondary N) is 2. The minimum Gasteiger partial charge on any atom is -0.379 e. The second kappa shape index (κ2) is 13.8. The lowest BCUT2D eigenvalue weighted by Crippen LogP contribution is -2.35. The van der Waals surface area contributed by atoms with Crippen molar-refractivity contribution in [3.05, 3.63) is 58.7 Å². The largest absolute Gasteiger partial charge is 0.379 e. The number of fused-ring (bicyclic) bond motifs is 1. The first-order chi connectivity index (χ1) is 18.9. The van der Waals surface area contributed by atoms with Crippen LogP contribution in [0.25, 0.3) is 10.1 Å². The van der Waals surface area contributed by atoms with Gasteiger partial charge in [-0.25, -0.2) is 0 Å². The summed E-state index contributed by atoms with van der Waals surface area (Å²) in [6.45, 7) is 14.2. The van der Waals surface area contributed by atoms with Crippen molar-refractivity contribution in [2.75, 3.05) is 44.0 Å². The summed E-state index contributed by atoms with van der Waals surface area (Å²) in [5.41, 5.74) is 9.14. The molecule has 2 aromatic carbocycles. The molecular weight excluding hydrogens is 528 g/mol. The predicted molar refractivity (Wildman–Crippen MR) is 161 cm³/mol. The van der Waals surface area contributed by atoms with Crippen molar-refractivity contribution in [2.24, 2.45) is 5.73 Å². The molecular formula is C30H40N4O5S. The molecule has 0 aliphatic carbocycles. The number of thiophene rings is 1. The third-order valence-electron chi connectivity index (χ3n) is 6.48. The van der Waals surface area contributed by atoms with Crippen molar-refractivity contribution in [2.45, 2.75) is 52.7 Å². The van der Waals surface area contributed by atoms with E-state index in [-0.39, 0.29) is 23.0 Å². The summed E-state index contributed by atoms with van der Waals surface area (Å²) in [6.07, 6.45) is 0.590. The fraction of sp³-hybridized carbons (Fsp3) is 0.433. The quantitative estimate of drug-likeness (QED) is 0.321. The number of benzene rings is 2. The molecule has 9 nitrogen and oxygen atoms in total. The zero-order chi connectivity index (χ0) is 29.4. The van der Waals surface area contributed by atoms with E-state index < -0.39 is 5.91 Å². The number of anilines is 2. The maximum Gasteiger partial charge on any atom is 0.256 e. The van der Waals surface area contributed by atoms with Gasteiger partial charge in [0.05, 0.1) is 24.4 Å². The van der Waals surface area contributed by atoms with Crippen LogP contribution in [0.3, 0.4) is 0 Å². The van der Waals surface area contributed by atoms with Crippen molar-refractivity contribution in [1.82, 2.24) is 4.90 Å². The fourth-order valence-electron chi connectivity index (χ4n) is 4.09. The van der Waals surface area contributed by atoms with Gasteiger partial charge in [0.15, 0.2) is 0 Å². The number of carbonyl (C=O) groups is 3. The number of ether oxygens (including phenoxy) is 2. The summed E-state index contributed by atoms with van der Waals surface area (Å²) in [6, 6.07) is 11.0. The molecule has 1 aromatic heterocycles. The van der Waals surface area contributed by atoms with Crippen LogP contribution in [0.2, 0.25) is 0 Å². The summed E-state index contributed by atoms with van der Waals surface area (Å²) in [5, 5.41) is 6.54. The molecule has 4 rings (SSSR count). The zero-order valence-corrected chi connectivity index (χ0v) is 24.9. The van der Waals surface area contributed by atoms with Crippen LogP contribution in [0, 0.1) is 0 Å². The molecule has 0 unspecified atom stereocenters. The highest BCUT2D eigenvalue weighted by molar-refractivity contribution is 7.23. The Morgan fingerprint density at radius 1 is 1.15 bits per heavy atom. The second-order valence-electron chi connectivity index (χ2n) is 10.9. The zero-order valence-electron chi connectivity index (χ0n) is 24.1. The van der Waals surface area contributed by atoms with Gasteiger partial charge in [-0.05, 0) is 62.1 Å². The maximum absolute atomic E-state index is 13.0. The molecule has 40 heavy (non-hydrogen) atoms. The molecule has 0 saturated carbocycles. The molecule has 1 aliphatic rings. The summed E-state index contributed by atoms with van der Waals surface area (Å²) < 4.78 is 11.2. The molecule has 0 atom stereocenters. The van der Waals surface area contributed by atoms with Gasteiger partial charge in [-0.3, -0.25) is 19.3 Å². The average molecular weight is 569 g/mol. The molecule has 1 aliphatic heterocycles. The number of nitrogens with zero attached hydrogens (tertiary/aromatic N) is 1. The number of primary amides is 1. The van der Waals surface area contributed by atoms with Gasteiger partial charge in [0.1, 0.15) is 5.00 Å². The topological polar surface area (TPSA) is 123 Å². The van der Waals surface area contributed by atoms with Crippen molar-refractivity contribution < 1.29 is 23.9 Å². The predicted octanol–water partition coefficient (Wildman–Crippen LogP) is 5.21. The summed E-state index contributed by atoms with van der Waals surface area (Å²) in [7, 11) is 1.71. The van der Waals surface area contributed by atoms with Gasteiger partial charge in [0, 0.05) is 48.1 Å². The average Bonchev–Trinajstić information content (AvgIpc) is 3.27. The van der Waals surface area contributed by atoms with Gasteiger partial charge in [0.25, 0.3) is 11.8 Å². The minimum absolute atomic E-state index is 0.0417. The molecule has 3 amide bonds. The number of carbonyl (C=O) groups excluding carboxylic acids is 3. The summed E-state index contributed by atoms with van der Waals surface area (Å²) in [5.74, 6) is -0.817. The first kappa shape index (κ1) is 31.2. The lowest BCUT2D eigenvalue weighted by molar-refractivity contribution is -0.105. The molecule has 216 valence electrons. The molecule has 4 N–H and O–H groups in total. The number of morpholine rings is 1. The van der Waals surface area contributed by atoms with Gasteiger partial charge in [0.2, 0.25) is 6.41 Å². The molecule has 1 fully saturated rings. The van der Waals surface area contributed by atoms with E-state index in [1.54, 1.807) is 25.3 Å². The van der Waals surface area contributed by atoms with Gasteiger partial charge in [-0.15, -0.1) is 11.3 Å². The van der Waals surface area contributed by atoms with Crippen molar-refractivity contribution in [3.8, 4) is 0 Å². The highest BCUT2D eigenvalue weighted by Crippen LogP contribution is 2.41. The van der Waals surface area contributed by atoms with E-state index in [1.165, 1.54) is 11.3 Å². The number of hydrogen-bond acceptors (Lipinski definition) is 7. The Morgan fingerprint density at radius 2 is 1.77 bits per heavy atom. The van der Waals surface area contributed by atoms with Crippen LogP contribution in [-0.2, 0) is 20.8 Å². The Bertz CT molecular complexity index is 1320. The Hall–Kier alpha value is -3.31. The van der Waals surface area contributed by atoms with Crippen LogP contribution >= 0.6 is 11.3 Å². The van der Waals surface area contributed by atoms with Crippen LogP contribution in [0.15, 0.2) is 36.4 Å². The first-order valence-electron chi connectivity index (χ1n) is 13.3. The summed E-state index contributed by atoms with van der Waals surface area (Å²) >= 11 is 1.32. The molecule has 1 saturated heterocycles. The monoisotopic (exact) mass is 568 g/mol. The number of nitrogens with two attached hydrogens (primary N) is 1. The van der Waals surface area contributed by atoms with Crippen molar-refractivity contribution >= 4 is 50.3 Å². The van der Waals surface area contributed by atoms with Crippen LogP contribution in [0.4, 0.5) is 10.7 Å². The van der Waals surface area contributed by atoms with E-state index in [1.807, 2.05) is 52.8 Å². The third-order valence-corrected chi connectivity index (χ3v) is 7.65. The van der Waals surface area contributed by atoms with Crippen molar-refractivity contribution in [3.63, 3.8) is 0 Å². The lowest BCUT2D eigenvalue weighted by atomic mass is 9.99. The number of rotatable bonds is 8. The van der Waals surface area contributed by atoms with Gasteiger partial charge < -0.3 is 25.8 Å². The standard InChI is InChI=1S/C25H28N4O4S.C5H12O/c1-15(2)19-11-18(27-14-30)12-20-21(23(26)31)25(34-22(19)20)28-24(32)17-5-3-16(4-6-17)13-29-7-9-33-10-8-29;1-5(2,3)6-4/h3-6,11-12,14-15H,7-10,13H2,1-2H3,(H2,26,31)(H,27,30)(H,28,32);1-4H3. The smallest absolute Gasteiger partial charge is 0.256 e. The maximum atomic E-state index is 13.0. The van der Waals surface area contributed by atoms with E-state index in [0.29, 0.717) is 28.0 Å². The van der Waals surface area contributed by atoms with Gasteiger partial charge in [-0.2, -0.15) is 0 Å². The third kappa shape index (κ3) is 8.34. The highest BCUT2D eigenvalue weighted by atomic mass is 32.1. The fourth-order valence-corrected chi connectivity index (χ4v) is 5.44. The van der Waals surface area contributed by atoms with Crippen LogP contribution in [0.1, 0.15) is 72.4 Å². The van der Waals surface area contributed by atoms with E-state index in [9.17, 15) is 14.4 Å². The normalized spacial score (nSPS) is 14.0.